The van der Waals surface area contributed by atoms with Gasteiger partial charge in [-0.25, -0.2) is 4.98 Å². The molecule has 3 rings (SSSR count). The summed E-state index contributed by atoms with van der Waals surface area (Å²) >= 11 is 0. The van der Waals surface area contributed by atoms with E-state index in [2.05, 4.69) is 15.5 Å². The first-order valence-electron chi connectivity index (χ1n) is 8.53. The average Bonchev–Trinajstić information content (AvgIpc) is 3.03. The topological polar surface area (TPSA) is 80.5 Å². The summed E-state index contributed by atoms with van der Waals surface area (Å²) in [5.74, 6) is 1.41. The van der Waals surface area contributed by atoms with Crippen molar-refractivity contribution in [3.05, 3.63) is 40.9 Å². The van der Waals surface area contributed by atoms with Crippen LogP contribution >= 0.6 is 0 Å². The van der Waals surface area contributed by atoms with Gasteiger partial charge in [0.25, 0.3) is 5.91 Å². The van der Waals surface area contributed by atoms with Gasteiger partial charge in [0.15, 0.2) is 0 Å². The summed E-state index contributed by atoms with van der Waals surface area (Å²) in [6.45, 7) is 7.27. The zero-order valence-electron chi connectivity index (χ0n) is 15.1. The van der Waals surface area contributed by atoms with E-state index in [4.69, 9.17) is 9.26 Å². The molecule has 3 heterocycles. The highest BCUT2D eigenvalue weighted by molar-refractivity contribution is 5.96. The molecular weight excluding hydrogens is 320 g/mol. The second-order valence-electron chi connectivity index (χ2n) is 6.46. The summed E-state index contributed by atoms with van der Waals surface area (Å²) in [4.78, 5) is 19.4. The summed E-state index contributed by atoms with van der Waals surface area (Å²) in [6, 6.07) is 5.74. The number of nitrogens with zero attached hydrogens (tertiary/aromatic N) is 3. The molecule has 2 aromatic rings. The van der Waals surface area contributed by atoms with Crippen LogP contribution in [0.15, 0.2) is 22.7 Å². The fourth-order valence-corrected chi connectivity index (χ4v) is 2.98. The Kier molecular flexibility index (Phi) is 5.03. The van der Waals surface area contributed by atoms with Crippen LogP contribution in [0.5, 0.6) is 0 Å². The number of rotatable bonds is 4. The van der Waals surface area contributed by atoms with E-state index in [1.165, 1.54) is 0 Å². The van der Waals surface area contributed by atoms with E-state index in [1.807, 2.05) is 39.1 Å². The van der Waals surface area contributed by atoms with Crippen molar-refractivity contribution in [2.75, 3.05) is 32.1 Å². The predicted molar refractivity (Wildman–Crippen MR) is 93.7 cm³/mol. The molecule has 0 radical (unpaired) electrons. The number of hydrogen-bond donors (Lipinski definition) is 1. The fraction of sp³-hybridized carbons (Fsp3) is 0.500. The van der Waals surface area contributed by atoms with E-state index in [1.54, 1.807) is 11.8 Å². The van der Waals surface area contributed by atoms with Crippen molar-refractivity contribution in [1.82, 2.24) is 15.0 Å². The number of anilines is 1. The Morgan fingerprint density at radius 3 is 2.92 bits per heavy atom. The van der Waals surface area contributed by atoms with Gasteiger partial charge in [-0.15, -0.1) is 0 Å². The summed E-state index contributed by atoms with van der Waals surface area (Å²) < 4.78 is 11.1. The number of hydrogen-bond acceptors (Lipinski definition) is 6. The Hall–Kier alpha value is -2.41. The number of aryl methyl sites for hydroxylation is 1. The standard InChI is InChI=1S/C18H24N4O3/c1-11(2)17-16(12(3)25-21-17)18(23)22-8-9-24-14(10-22)13-6-5-7-15(19-4)20-13/h5-7,11,14H,8-10H2,1-4H3,(H,19,20)/t14-/m1/s1. The normalized spacial score (nSPS) is 17.8. The van der Waals surface area contributed by atoms with Crippen LogP contribution in [0.2, 0.25) is 0 Å². The Morgan fingerprint density at radius 1 is 1.40 bits per heavy atom. The monoisotopic (exact) mass is 344 g/mol. The minimum Gasteiger partial charge on any atom is -0.373 e. The van der Waals surface area contributed by atoms with E-state index in [0.29, 0.717) is 36.7 Å². The van der Waals surface area contributed by atoms with Gasteiger partial charge in [0.2, 0.25) is 0 Å². The number of nitrogens with one attached hydrogen (secondary N) is 1. The quantitative estimate of drug-likeness (QED) is 0.918. The molecule has 2 aromatic heterocycles. The van der Waals surface area contributed by atoms with Gasteiger partial charge in [-0.3, -0.25) is 4.79 Å². The lowest BCUT2D eigenvalue weighted by Gasteiger charge is -2.33. The van der Waals surface area contributed by atoms with Gasteiger partial charge < -0.3 is 19.5 Å². The Bertz CT molecular complexity index is 757. The summed E-state index contributed by atoms with van der Waals surface area (Å²) in [5, 5.41) is 7.08. The third-order valence-corrected chi connectivity index (χ3v) is 4.36. The zero-order valence-corrected chi connectivity index (χ0v) is 15.1. The molecule has 1 atom stereocenters. The van der Waals surface area contributed by atoms with E-state index in [9.17, 15) is 4.79 Å². The molecule has 1 N–H and O–H groups in total. The predicted octanol–water partition coefficient (Wildman–Crippen LogP) is 2.76. The molecule has 1 aliphatic heterocycles. The minimum absolute atomic E-state index is 0.0551. The van der Waals surface area contributed by atoms with Crippen molar-refractivity contribution in [3.8, 4) is 0 Å². The van der Waals surface area contributed by atoms with E-state index in [0.717, 1.165) is 11.5 Å². The Balaban J connectivity index is 1.81. The van der Waals surface area contributed by atoms with Crippen LogP contribution in [0.4, 0.5) is 5.82 Å². The van der Waals surface area contributed by atoms with Gasteiger partial charge in [0, 0.05) is 13.6 Å². The third kappa shape index (κ3) is 3.51. The lowest BCUT2D eigenvalue weighted by Crippen LogP contribution is -2.42. The molecule has 7 heteroatoms. The first-order valence-corrected chi connectivity index (χ1v) is 8.53. The molecule has 1 saturated heterocycles. The van der Waals surface area contributed by atoms with Crippen LogP contribution in [0.25, 0.3) is 0 Å². The SMILES string of the molecule is CNc1cccc([C@H]2CN(C(=O)c3c(C(C)C)noc3C)CCO2)n1. The lowest BCUT2D eigenvalue weighted by atomic mass is 10.0. The van der Waals surface area contributed by atoms with E-state index in [-0.39, 0.29) is 17.9 Å². The molecule has 0 spiro atoms. The van der Waals surface area contributed by atoms with Crippen molar-refractivity contribution in [2.24, 2.45) is 0 Å². The molecule has 0 aliphatic carbocycles. The number of ether oxygens (including phenoxy) is 1. The molecule has 0 unspecified atom stereocenters. The maximum Gasteiger partial charge on any atom is 0.259 e. The number of amides is 1. The number of aromatic nitrogens is 2. The highest BCUT2D eigenvalue weighted by Gasteiger charge is 2.31. The van der Waals surface area contributed by atoms with E-state index >= 15 is 0 Å². The maximum absolute atomic E-state index is 13.0. The van der Waals surface area contributed by atoms with Crippen LogP contribution in [0.1, 0.15) is 53.4 Å². The van der Waals surface area contributed by atoms with Crippen LogP contribution < -0.4 is 5.32 Å². The lowest BCUT2D eigenvalue weighted by molar-refractivity contribution is -0.0247. The average molecular weight is 344 g/mol. The molecular formula is C18H24N4O3. The van der Waals surface area contributed by atoms with Gasteiger partial charge >= 0.3 is 0 Å². The van der Waals surface area contributed by atoms with Crippen LogP contribution in [0, 0.1) is 6.92 Å². The summed E-state index contributed by atoms with van der Waals surface area (Å²) in [6.07, 6.45) is -0.242. The smallest absolute Gasteiger partial charge is 0.259 e. The largest absolute Gasteiger partial charge is 0.373 e. The van der Waals surface area contributed by atoms with Crippen molar-refractivity contribution in [2.45, 2.75) is 32.8 Å². The van der Waals surface area contributed by atoms with Crippen molar-refractivity contribution < 1.29 is 14.1 Å². The van der Waals surface area contributed by atoms with Crippen LogP contribution in [-0.4, -0.2) is 47.7 Å². The second-order valence-corrected chi connectivity index (χ2v) is 6.46. The Labute approximate surface area is 147 Å². The Morgan fingerprint density at radius 2 is 2.20 bits per heavy atom. The fourth-order valence-electron chi connectivity index (χ4n) is 2.98. The second kappa shape index (κ2) is 7.23. The van der Waals surface area contributed by atoms with Gasteiger partial charge in [0.05, 0.1) is 24.5 Å². The third-order valence-electron chi connectivity index (χ3n) is 4.36. The van der Waals surface area contributed by atoms with Crippen molar-refractivity contribution in [1.29, 1.82) is 0 Å². The highest BCUT2D eigenvalue weighted by atomic mass is 16.5. The highest BCUT2D eigenvalue weighted by Crippen LogP contribution is 2.27. The van der Waals surface area contributed by atoms with Gasteiger partial charge in [-0.2, -0.15) is 0 Å². The number of pyridine rings is 1. The molecule has 0 saturated carbocycles. The first kappa shape index (κ1) is 17.4. The molecule has 1 fully saturated rings. The molecule has 25 heavy (non-hydrogen) atoms. The van der Waals surface area contributed by atoms with Gasteiger partial charge in [-0.1, -0.05) is 25.1 Å². The maximum atomic E-state index is 13.0. The molecule has 1 aliphatic rings. The number of carbonyl (C=O) groups is 1. The summed E-state index contributed by atoms with van der Waals surface area (Å²) in [5.41, 5.74) is 2.10. The van der Waals surface area contributed by atoms with Gasteiger partial charge in [0.1, 0.15) is 23.2 Å². The van der Waals surface area contributed by atoms with Crippen molar-refractivity contribution >= 4 is 11.7 Å². The first-order chi connectivity index (χ1) is 12.0. The van der Waals surface area contributed by atoms with Gasteiger partial charge in [-0.05, 0) is 25.0 Å². The van der Waals surface area contributed by atoms with E-state index < -0.39 is 0 Å². The molecule has 7 nitrogen and oxygen atoms in total. The summed E-state index contributed by atoms with van der Waals surface area (Å²) in [7, 11) is 1.83. The minimum atomic E-state index is -0.242. The molecule has 134 valence electrons. The molecule has 1 amide bonds. The van der Waals surface area contributed by atoms with Crippen molar-refractivity contribution in [3.63, 3.8) is 0 Å². The number of carbonyl (C=O) groups excluding carboxylic acids is 1. The zero-order chi connectivity index (χ0) is 18.0. The molecule has 0 bridgehead atoms. The number of morpholine rings is 1. The molecule has 0 aromatic carbocycles. The van der Waals surface area contributed by atoms with Crippen LogP contribution in [0.3, 0.4) is 0 Å². The van der Waals surface area contributed by atoms with Crippen LogP contribution in [-0.2, 0) is 4.74 Å².